The molecule has 1 aromatic rings. The molecule has 2 aliphatic rings. The van der Waals surface area contributed by atoms with Crippen molar-refractivity contribution in [2.75, 3.05) is 60.2 Å². The highest BCUT2D eigenvalue weighted by Gasteiger charge is 2.34. The number of carbonyl (C=O) groups excluding carboxylic acids is 2. The van der Waals surface area contributed by atoms with Crippen LogP contribution in [0.4, 0.5) is 18.4 Å². The van der Waals surface area contributed by atoms with Gasteiger partial charge in [-0.15, -0.1) is 0 Å². The van der Waals surface area contributed by atoms with Crippen molar-refractivity contribution >= 4 is 23.7 Å². The molecule has 0 radical (unpaired) electrons. The number of hydrogen-bond acceptors (Lipinski definition) is 6. The quantitative estimate of drug-likeness (QED) is 0.281. The molecule has 0 aromatic heterocycles. The van der Waals surface area contributed by atoms with Crippen molar-refractivity contribution in [3.8, 4) is 0 Å². The topological polar surface area (TPSA) is 101 Å². The van der Waals surface area contributed by atoms with Crippen molar-refractivity contribution in [1.29, 1.82) is 0 Å². The molecule has 214 valence electrons. The Morgan fingerprint density at radius 1 is 1.24 bits per heavy atom. The lowest BCUT2D eigenvalue weighted by atomic mass is 9.88. The first-order chi connectivity index (χ1) is 18.3. The van der Waals surface area contributed by atoms with Crippen molar-refractivity contribution in [2.24, 2.45) is 11.8 Å². The van der Waals surface area contributed by atoms with Crippen molar-refractivity contribution in [3.05, 3.63) is 34.4 Å². The minimum absolute atomic E-state index is 0.0271. The van der Waals surface area contributed by atoms with Crippen molar-refractivity contribution in [1.82, 2.24) is 20.9 Å². The molecular formula is C26H39ClF2N4O5. The van der Waals surface area contributed by atoms with E-state index >= 15 is 4.39 Å². The Labute approximate surface area is 227 Å². The van der Waals surface area contributed by atoms with Gasteiger partial charge in [-0.2, -0.15) is 0 Å². The number of halogens is 3. The molecule has 0 aliphatic carbocycles. The minimum Gasteiger partial charge on any atom is -0.453 e. The maximum atomic E-state index is 15.0. The lowest BCUT2D eigenvalue weighted by Gasteiger charge is -2.38. The van der Waals surface area contributed by atoms with E-state index < -0.39 is 28.9 Å². The number of piperidine rings is 1. The predicted molar refractivity (Wildman–Crippen MR) is 139 cm³/mol. The third-order valence-corrected chi connectivity index (χ3v) is 7.48. The van der Waals surface area contributed by atoms with Crippen LogP contribution < -0.4 is 16.0 Å². The van der Waals surface area contributed by atoms with Crippen LogP contribution in [-0.4, -0.2) is 83.2 Å². The third-order valence-electron chi connectivity index (χ3n) is 7.14. The van der Waals surface area contributed by atoms with E-state index in [4.69, 9.17) is 21.1 Å². The summed E-state index contributed by atoms with van der Waals surface area (Å²) < 4.78 is 44.9. The zero-order valence-electron chi connectivity index (χ0n) is 22.1. The summed E-state index contributed by atoms with van der Waals surface area (Å²) >= 11 is 5.87. The molecular weight excluding hydrogens is 522 g/mol. The standard InChI is InChI=1S/C26H39ClF2N4O5/c1-30-15-19(14-17-7-11-37-12-8-17)32-25(34)33-10-3-4-18(16-33)24(38-13-9-31-26(35)36-2)20-5-6-21(28)22(27)23(20)29/h5-6,17-19,24,30H,3-4,7-16H2,1-2H3,(H,31,35)(H,32,34)/t18-,19+,24-/m1/s1. The molecule has 0 saturated carbocycles. The molecule has 12 heteroatoms. The second kappa shape index (κ2) is 15.4. The second-order valence-corrected chi connectivity index (χ2v) is 10.2. The van der Waals surface area contributed by atoms with Crippen LogP contribution in [0.2, 0.25) is 5.02 Å². The molecule has 0 spiro atoms. The summed E-state index contributed by atoms with van der Waals surface area (Å²) in [6, 6.07) is 2.23. The number of likely N-dealkylation sites (tertiary alicyclic amines) is 1. The summed E-state index contributed by atoms with van der Waals surface area (Å²) in [4.78, 5) is 26.4. The Balaban J connectivity index is 1.69. The average Bonchev–Trinajstić information content (AvgIpc) is 2.93. The summed E-state index contributed by atoms with van der Waals surface area (Å²) in [5.74, 6) is -1.51. The lowest BCUT2D eigenvalue weighted by Crippen LogP contribution is -2.52. The van der Waals surface area contributed by atoms with Gasteiger partial charge in [-0.1, -0.05) is 17.7 Å². The van der Waals surface area contributed by atoms with E-state index in [2.05, 4.69) is 20.7 Å². The van der Waals surface area contributed by atoms with Crippen LogP contribution in [0.1, 0.15) is 43.8 Å². The Morgan fingerprint density at radius 2 is 2.00 bits per heavy atom. The van der Waals surface area contributed by atoms with Crippen LogP contribution in [0.3, 0.4) is 0 Å². The summed E-state index contributed by atoms with van der Waals surface area (Å²) in [7, 11) is 3.11. The maximum absolute atomic E-state index is 15.0. The van der Waals surface area contributed by atoms with Crippen molar-refractivity contribution in [2.45, 2.75) is 44.2 Å². The number of likely N-dealkylation sites (N-methyl/N-ethyl adjacent to an activating group) is 1. The van der Waals surface area contributed by atoms with Gasteiger partial charge in [0.25, 0.3) is 0 Å². The Kier molecular flexibility index (Phi) is 12.3. The zero-order chi connectivity index (χ0) is 27.5. The summed E-state index contributed by atoms with van der Waals surface area (Å²) in [5.41, 5.74) is 0.120. The molecule has 2 aliphatic heterocycles. The SMILES string of the molecule is CNC[C@H](CC1CCOCC1)NC(=O)N1CCC[C@@H]([C@@H](OCCNC(=O)OC)c2ccc(F)c(Cl)c2F)C1. The van der Waals surface area contributed by atoms with Crippen LogP contribution in [0.25, 0.3) is 0 Å². The van der Waals surface area contributed by atoms with E-state index in [0.29, 0.717) is 38.4 Å². The number of carbonyl (C=O) groups is 2. The summed E-state index contributed by atoms with van der Waals surface area (Å²) in [5, 5.41) is 8.25. The number of nitrogens with one attached hydrogen (secondary N) is 3. The summed E-state index contributed by atoms with van der Waals surface area (Å²) in [6.07, 6.45) is 2.80. The fraction of sp³-hybridized carbons (Fsp3) is 0.692. The normalized spacial score (nSPS) is 20.0. The van der Waals surface area contributed by atoms with Crippen molar-refractivity contribution < 1.29 is 32.6 Å². The van der Waals surface area contributed by atoms with E-state index in [1.54, 1.807) is 4.90 Å². The van der Waals surface area contributed by atoms with Gasteiger partial charge in [-0.25, -0.2) is 18.4 Å². The number of methoxy groups -OCH3 is 1. The first-order valence-corrected chi connectivity index (χ1v) is 13.6. The van der Waals surface area contributed by atoms with E-state index in [-0.39, 0.29) is 36.7 Å². The highest BCUT2D eigenvalue weighted by Crippen LogP contribution is 2.36. The Bertz CT molecular complexity index is 922. The van der Waals surface area contributed by atoms with Gasteiger partial charge in [0.15, 0.2) is 5.82 Å². The van der Waals surface area contributed by atoms with Gasteiger partial charge in [0.2, 0.25) is 0 Å². The molecule has 3 N–H and O–H groups in total. The van der Waals surface area contributed by atoms with Crippen LogP contribution in [0.15, 0.2) is 12.1 Å². The number of ether oxygens (including phenoxy) is 3. The maximum Gasteiger partial charge on any atom is 0.406 e. The zero-order valence-corrected chi connectivity index (χ0v) is 22.8. The molecule has 1 aromatic carbocycles. The van der Waals surface area contributed by atoms with Gasteiger partial charge in [0, 0.05) is 56.9 Å². The van der Waals surface area contributed by atoms with Gasteiger partial charge in [-0.05, 0) is 51.1 Å². The van der Waals surface area contributed by atoms with Crippen LogP contribution in [0.5, 0.6) is 0 Å². The number of hydrogen-bond donors (Lipinski definition) is 3. The highest BCUT2D eigenvalue weighted by atomic mass is 35.5. The average molecular weight is 561 g/mol. The molecule has 3 amide bonds. The molecule has 2 saturated heterocycles. The third kappa shape index (κ3) is 8.65. The smallest absolute Gasteiger partial charge is 0.406 e. The first kappa shape index (κ1) is 30.3. The fourth-order valence-corrected chi connectivity index (χ4v) is 5.36. The molecule has 3 rings (SSSR count). The van der Waals surface area contributed by atoms with E-state index in [1.807, 2.05) is 7.05 Å². The second-order valence-electron chi connectivity index (χ2n) is 9.82. The van der Waals surface area contributed by atoms with Gasteiger partial charge >= 0.3 is 12.1 Å². The van der Waals surface area contributed by atoms with Gasteiger partial charge in [0.1, 0.15) is 10.8 Å². The summed E-state index contributed by atoms with van der Waals surface area (Å²) in [6.45, 7) is 3.24. The monoisotopic (exact) mass is 560 g/mol. The number of benzene rings is 1. The fourth-order valence-electron chi connectivity index (χ4n) is 5.18. The number of amides is 3. The number of alkyl carbamates (subject to hydrolysis) is 1. The molecule has 0 unspecified atom stereocenters. The predicted octanol–water partition coefficient (Wildman–Crippen LogP) is 3.86. The number of urea groups is 1. The van der Waals surface area contributed by atoms with Crippen molar-refractivity contribution in [3.63, 3.8) is 0 Å². The molecule has 2 fully saturated rings. The van der Waals surface area contributed by atoms with Crippen LogP contribution >= 0.6 is 11.6 Å². The number of rotatable bonds is 11. The van der Waals surface area contributed by atoms with Gasteiger partial charge in [0.05, 0.1) is 19.8 Å². The molecule has 0 bridgehead atoms. The van der Waals surface area contributed by atoms with Gasteiger partial charge < -0.3 is 35.1 Å². The molecule has 2 heterocycles. The van der Waals surface area contributed by atoms with Gasteiger partial charge in [-0.3, -0.25) is 0 Å². The number of nitrogens with zero attached hydrogens (tertiary/aromatic N) is 1. The largest absolute Gasteiger partial charge is 0.453 e. The first-order valence-electron chi connectivity index (χ1n) is 13.2. The van der Waals surface area contributed by atoms with Crippen LogP contribution in [0, 0.1) is 23.5 Å². The minimum atomic E-state index is -0.885. The Hall–Kier alpha value is -2.21. The molecule has 3 atom stereocenters. The molecule has 38 heavy (non-hydrogen) atoms. The van der Waals surface area contributed by atoms with E-state index in [9.17, 15) is 14.0 Å². The lowest BCUT2D eigenvalue weighted by molar-refractivity contribution is -0.0107. The van der Waals surface area contributed by atoms with E-state index in [0.717, 1.165) is 38.5 Å². The Morgan fingerprint density at radius 3 is 2.71 bits per heavy atom. The highest BCUT2D eigenvalue weighted by molar-refractivity contribution is 6.30. The van der Waals surface area contributed by atoms with E-state index in [1.165, 1.54) is 13.2 Å². The molecule has 9 nitrogen and oxygen atoms in total. The van der Waals surface area contributed by atoms with Crippen LogP contribution in [-0.2, 0) is 14.2 Å².